The van der Waals surface area contributed by atoms with Crippen LogP contribution < -0.4 is 5.73 Å². The van der Waals surface area contributed by atoms with Crippen LogP contribution in [0.3, 0.4) is 0 Å². The number of aryl methyl sites for hydroxylation is 1. The first-order valence-corrected chi connectivity index (χ1v) is 7.68. The van der Waals surface area contributed by atoms with Crippen molar-refractivity contribution in [3.8, 4) is 0 Å². The number of para-hydroxylation sites is 1. The molecule has 0 bridgehead atoms. The number of benzene rings is 1. The maximum atomic E-state index is 12.7. The highest BCUT2D eigenvalue weighted by Crippen LogP contribution is 2.25. The normalized spacial score (nSPS) is 21.0. The fourth-order valence-electron chi connectivity index (χ4n) is 3.29. The lowest BCUT2D eigenvalue weighted by Gasteiger charge is -2.21. The van der Waals surface area contributed by atoms with E-state index >= 15 is 0 Å². The number of hydrogen-bond acceptors (Lipinski definition) is 3. The number of amides is 2. The fraction of sp³-hybridized carbons (Fsp3) is 0.412. The predicted molar refractivity (Wildman–Crippen MR) is 86.8 cm³/mol. The molecule has 1 aromatic heterocycles. The molecule has 6 nitrogen and oxygen atoms in total. The summed E-state index contributed by atoms with van der Waals surface area (Å²) < 4.78 is 5.29. The van der Waals surface area contributed by atoms with Gasteiger partial charge in [-0.05, 0) is 18.1 Å². The van der Waals surface area contributed by atoms with Gasteiger partial charge in [0.15, 0.2) is 0 Å². The van der Waals surface area contributed by atoms with E-state index < -0.39 is 11.9 Å². The molecule has 2 heterocycles. The predicted octanol–water partition coefficient (Wildman–Crippen LogP) is 1.12. The average molecular weight is 315 g/mol. The highest BCUT2D eigenvalue weighted by molar-refractivity contribution is 5.92. The largest absolute Gasteiger partial charge is 0.380 e. The number of hydrogen-bond donors (Lipinski definition) is 2. The molecule has 2 amide bonds. The van der Waals surface area contributed by atoms with Gasteiger partial charge in [0.2, 0.25) is 11.8 Å². The molecule has 0 saturated carbocycles. The summed E-state index contributed by atoms with van der Waals surface area (Å²) in [6.07, 6.45) is 2.43. The van der Waals surface area contributed by atoms with Gasteiger partial charge in [-0.15, -0.1) is 0 Å². The highest BCUT2D eigenvalue weighted by atomic mass is 16.5. The van der Waals surface area contributed by atoms with Crippen molar-refractivity contribution in [3.63, 3.8) is 0 Å². The molecule has 0 spiro atoms. The molecule has 1 aliphatic rings. The van der Waals surface area contributed by atoms with E-state index in [2.05, 4.69) is 4.98 Å². The standard InChI is InChI=1S/C17H21N3O3/c1-10-4-3-5-13-11(8-19-16(10)13)6-15(21)20-9-12(23-2)7-14(20)17(18)22/h3-5,8,12,14,19H,6-7,9H2,1-2H3,(H2,18,22)/t12-,14-/m0/s1. The van der Waals surface area contributed by atoms with Crippen molar-refractivity contribution in [3.05, 3.63) is 35.5 Å². The Kier molecular flexibility index (Phi) is 4.09. The smallest absolute Gasteiger partial charge is 0.240 e. The van der Waals surface area contributed by atoms with E-state index in [4.69, 9.17) is 10.5 Å². The van der Waals surface area contributed by atoms with Crippen LogP contribution >= 0.6 is 0 Å². The summed E-state index contributed by atoms with van der Waals surface area (Å²) in [5.74, 6) is -0.580. The van der Waals surface area contributed by atoms with Gasteiger partial charge < -0.3 is 20.4 Å². The average Bonchev–Trinajstić information content (AvgIpc) is 3.12. The number of aromatic nitrogens is 1. The Bertz CT molecular complexity index is 753. The van der Waals surface area contributed by atoms with Crippen molar-refractivity contribution >= 4 is 22.7 Å². The third kappa shape index (κ3) is 2.82. The lowest BCUT2D eigenvalue weighted by molar-refractivity contribution is -0.136. The number of carbonyl (C=O) groups excluding carboxylic acids is 2. The Labute approximate surface area is 134 Å². The molecule has 2 atom stereocenters. The molecule has 3 rings (SSSR count). The molecule has 3 N–H and O–H groups in total. The Morgan fingerprint density at radius 3 is 2.91 bits per heavy atom. The Morgan fingerprint density at radius 2 is 2.22 bits per heavy atom. The summed E-state index contributed by atoms with van der Waals surface area (Å²) in [7, 11) is 1.58. The van der Waals surface area contributed by atoms with Crippen LogP contribution in [-0.4, -0.2) is 47.5 Å². The van der Waals surface area contributed by atoms with Crippen molar-refractivity contribution in [1.82, 2.24) is 9.88 Å². The van der Waals surface area contributed by atoms with Crippen LogP contribution in [0.1, 0.15) is 17.5 Å². The van der Waals surface area contributed by atoms with Gasteiger partial charge in [0.05, 0.1) is 12.5 Å². The number of aromatic amines is 1. The highest BCUT2D eigenvalue weighted by Gasteiger charge is 2.38. The molecule has 0 aliphatic carbocycles. The van der Waals surface area contributed by atoms with Crippen LogP contribution in [0, 0.1) is 6.92 Å². The number of nitrogens with two attached hydrogens (primary N) is 1. The van der Waals surface area contributed by atoms with Gasteiger partial charge in [-0.1, -0.05) is 18.2 Å². The Balaban J connectivity index is 1.82. The van der Waals surface area contributed by atoms with Gasteiger partial charge in [-0.2, -0.15) is 0 Å². The molecule has 122 valence electrons. The van der Waals surface area contributed by atoms with E-state index in [1.807, 2.05) is 31.3 Å². The lowest BCUT2D eigenvalue weighted by Crippen LogP contribution is -2.44. The minimum Gasteiger partial charge on any atom is -0.380 e. The summed E-state index contributed by atoms with van der Waals surface area (Å²) >= 11 is 0. The quantitative estimate of drug-likeness (QED) is 0.886. The molecule has 1 fully saturated rings. The fourth-order valence-corrected chi connectivity index (χ4v) is 3.29. The van der Waals surface area contributed by atoms with Crippen molar-refractivity contribution in [1.29, 1.82) is 0 Å². The number of nitrogens with one attached hydrogen (secondary N) is 1. The van der Waals surface area contributed by atoms with E-state index in [1.165, 1.54) is 0 Å². The number of carbonyl (C=O) groups is 2. The van der Waals surface area contributed by atoms with Gasteiger partial charge in [0, 0.05) is 37.2 Å². The van der Waals surface area contributed by atoms with Crippen LogP contribution in [0.15, 0.2) is 24.4 Å². The Hall–Kier alpha value is -2.34. The zero-order valence-electron chi connectivity index (χ0n) is 13.3. The minimum atomic E-state index is -0.584. The zero-order chi connectivity index (χ0) is 16.6. The van der Waals surface area contributed by atoms with E-state index in [0.717, 1.165) is 22.0 Å². The van der Waals surface area contributed by atoms with Crippen LogP contribution in [0.4, 0.5) is 0 Å². The van der Waals surface area contributed by atoms with Gasteiger partial charge in [-0.25, -0.2) is 0 Å². The molecular weight excluding hydrogens is 294 g/mol. The SMILES string of the molecule is CO[C@H]1C[C@@H](C(N)=O)N(C(=O)Cc2c[nH]c3c(C)cccc23)C1. The molecular formula is C17H21N3O3. The molecule has 1 aromatic carbocycles. The maximum Gasteiger partial charge on any atom is 0.240 e. The molecule has 1 aliphatic heterocycles. The van der Waals surface area contributed by atoms with Crippen molar-refractivity contribution in [2.75, 3.05) is 13.7 Å². The van der Waals surface area contributed by atoms with E-state index in [1.54, 1.807) is 12.0 Å². The number of fused-ring (bicyclic) bond motifs is 1. The first-order chi connectivity index (χ1) is 11.0. The topological polar surface area (TPSA) is 88.4 Å². The number of methoxy groups -OCH3 is 1. The zero-order valence-corrected chi connectivity index (χ0v) is 13.3. The van der Waals surface area contributed by atoms with E-state index in [-0.39, 0.29) is 18.4 Å². The third-order valence-electron chi connectivity index (χ3n) is 4.60. The van der Waals surface area contributed by atoms with Crippen LogP contribution in [0.2, 0.25) is 0 Å². The summed E-state index contributed by atoms with van der Waals surface area (Å²) in [4.78, 5) is 29.0. The number of nitrogens with zero attached hydrogens (tertiary/aromatic N) is 1. The second-order valence-corrected chi connectivity index (χ2v) is 6.05. The summed E-state index contributed by atoms with van der Waals surface area (Å²) in [6.45, 7) is 2.43. The minimum absolute atomic E-state index is 0.101. The number of rotatable bonds is 4. The van der Waals surface area contributed by atoms with Gasteiger partial charge >= 0.3 is 0 Å². The second kappa shape index (κ2) is 6.04. The third-order valence-corrected chi connectivity index (χ3v) is 4.60. The van der Waals surface area contributed by atoms with Crippen LogP contribution in [0.5, 0.6) is 0 Å². The van der Waals surface area contributed by atoms with Gasteiger partial charge in [-0.3, -0.25) is 9.59 Å². The second-order valence-electron chi connectivity index (χ2n) is 6.05. The lowest BCUT2D eigenvalue weighted by atomic mass is 10.1. The summed E-state index contributed by atoms with van der Waals surface area (Å²) in [5.41, 5.74) is 8.54. The number of ether oxygens (including phenoxy) is 1. The van der Waals surface area contributed by atoms with E-state index in [9.17, 15) is 9.59 Å². The monoisotopic (exact) mass is 315 g/mol. The van der Waals surface area contributed by atoms with Gasteiger partial charge in [0.25, 0.3) is 0 Å². The maximum absolute atomic E-state index is 12.7. The molecule has 0 unspecified atom stereocenters. The summed E-state index contributed by atoms with van der Waals surface area (Å²) in [6, 6.07) is 5.41. The van der Waals surface area contributed by atoms with Crippen molar-refractivity contribution in [2.45, 2.75) is 31.9 Å². The van der Waals surface area contributed by atoms with E-state index in [0.29, 0.717) is 13.0 Å². The number of primary amides is 1. The molecule has 2 aromatic rings. The first-order valence-electron chi connectivity index (χ1n) is 7.68. The summed E-state index contributed by atoms with van der Waals surface area (Å²) in [5, 5.41) is 1.04. The number of likely N-dealkylation sites (tertiary alicyclic amines) is 1. The molecule has 6 heteroatoms. The first kappa shape index (κ1) is 15.6. The molecule has 23 heavy (non-hydrogen) atoms. The molecule has 1 saturated heterocycles. The number of H-pyrrole nitrogens is 1. The Morgan fingerprint density at radius 1 is 1.43 bits per heavy atom. The molecule has 0 radical (unpaired) electrons. The van der Waals surface area contributed by atoms with Crippen LogP contribution in [-0.2, 0) is 20.7 Å². The van der Waals surface area contributed by atoms with Gasteiger partial charge in [0.1, 0.15) is 6.04 Å². The van der Waals surface area contributed by atoms with Crippen LogP contribution in [0.25, 0.3) is 10.9 Å². The van der Waals surface area contributed by atoms with Crippen molar-refractivity contribution in [2.24, 2.45) is 5.73 Å². The van der Waals surface area contributed by atoms with Crippen molar-refractivity contribution < 1.29 is 14.3 Å².